The standard InChI is InChI=1S/C8H12Cl.C5H2F6O2.Pd/c1-4-7(2)5-6-8(3)9;6-4(7,8)2(12)1-3(13)5(9,10)11;/h4H,1,3,5-6H2,2H3;1,12H;/b;2-1-;. The minimum absolute atomic E-state index is 0. The molecule has 0 spiro atoms. The molecule has 2 nitrogen and oxygen atoms in total. The summed E-state index contributed by atoms with van der Waals surface area (Å²) in [5, 5.41) is 8.65. The number of ketones is 1. The van der Waals surface area contributed by atoms with E-state index in [1.165, 1.54) is 5.92 Å². The second-order valence-electron chi connectivity index (χ2n) is 3.96. The molecule has 0 aliphatic carbocycles. The molecule has 0 saturated heterocycles. The first-order valence-electron chi connectivity index (χ1n) is 5.59. The Labute approximate surface area is 149 Å². The van der Waals surface area contributed by atoms with Gasteiger partial charge in [-0.1, -0.05) is 25.1 Å². The van der Waals surface area contributed by atoms with Gasteiger partial charge in [-0.05, 0) is 32.1 Å². The average Bonchev–Trinajstić information content (AvgIpc) is 2.34. The first-order chi connectivity index (χ1) is 9.71. The smallest absolute Gasteiger partial charge is 0.454 e. The van der Waals surface area contributed by atoms with Crippen LogP contribution in [0.4, 0.5) is 26.3 Å². The Morgan fingerprint density at radius 1 is 1.13 bits per heavy atom. The Hall–Kier alpha value is -0.518. The largest absolute Gasteiger partial charge is 0.504 e. The summed E-state index contributed by atoms with van der Waals surface area (Å²) in [6.07, 6.45) is -7.99. The fraction of sp³-hybridized carbons (Fsp3) is 0.385. The number of hydrogen-bond donors (Lipinski definition) is 1. The van der Waals surface area contributed by atoms with Crippen LogP contribution < -0.4 is 0 Å². The zero-order chi connectivity index (χ0) is 18.1. The first kappa shape index (κ1) is 27.3. The van der Waals surface area contributed by atoms with Gasteiger partial charge in [0.25, 0.3) is 5.78 Å². The molecule has 137 valence electrons. The van der Waals surface area contributed by atoms with Gasteiger partial charge in [0, 0.05) is 31.5 Å². The summed E-state index contributed by atoms with van der Waals surface area (Å²) >= 11 is 5.54. The SMILES string of the molecule is O=C(/C=C(\O)C(F)(F)F)C(F)(F)F.[CH2][CH][C](C)CCC(=C)Cl.[Pd]. The Morgan fingerprint density at radius 3 is 1.83 bits per heavy atom. The van der Waals surface area contributed by atoms with Crippen LogP contribution in [0, 0.1) is 19.3 Å². The van der Waals surface area contributed by atoms with E-state index in [9.17, 15) is 31.1 Å². The topological polar surface area (TPSA) is 37.3 Å². The molecule has 0 saturated carbocycles. The van der Waals surface area contributed by atoms with Crippen molar-refractivity contribution in [1.29, 1.82) is 0 Å². The Bertz CT molecular complexity index is 404. The number of allylic oxidation sites excluding steroid dienone is 3. The predicted octanol–water partition coefficient (Wildman–Crippen LogP) is 5.27. The summed E-state index contributed by atoms with van der Waals surface area (Å²) in [4.78, 5) is 9.86. The number of aliphatic hydroxyl groups is 1. The van der Waals surface area contributed by atoms with Gasteiger partial charge in [0.05, 0.1) is 0 Å². The average molecular weight is 458 g/mol. The van der Waals surface area contributed by atoms with Crippen molar-refractivity contribution in [1.82, 2.24) is 0 Å². The van der Waals surface area contributed by atoms with Gasteiger partial charge in [0.1, 0.15) is 0 Å². The van der Waals surface area contributed by atoms with Crippen LogP contribution in [0.2, 0.25) is 0 Å². The fourth-order valence-electron chi connectivity index (χ4n) is 0.723. The summed E-state index contributed by atoms with van der Waals surface area (Å²) in [5.74, 6) is -4.08. The fourth-order valence-corrected chi connectivity index (χ4v) is 0.817. The quantitative estimate of drug-likeness (QED) is 0.264. The van der Waals surface area contributed by atoms with E-state index in [1.54, 1.807) is 0 Å². The monoisotopic (exact) mass is 457 g/mol. The van der Waals surface area contributed by atoms with Gasteiger partial charge in [-0.25, -0.2) is 0 Å². The van der Waals surface area contributed by atoms with E-state index in [-0.39, 0.29) is 20.4 Å². The van der Waals surface area contributed by atoms with E-state index in [2.05, 4.69) is 13.5 Å². The molecule has 0 rings (SSSR count). The minimum atomic E-state index is -5.42. The van der Waals surface area contributed by atoms with Crippen LogP contribution >= 0.6 is 11.6 Å². The molecule has 3 radical (unpaired) electrons. The first-order valence-corrected chi connectivity index (χ1v) is 5.96. The van der Waals surface area contributed by atoms with Gasteiger partial charge in [0.2, 0.25) is 5.76 Å². The van der Waals surface area contributed by atoms with Crippen LogP contribution in [-0.2, 0) is 25.2 Å². The van der Waals surface area contributed by atoms with Crippen molar-refractivity contribution in [3.8, 4) is 0 Å². The second-order valence-corrected chi connectivity index (χ2v) is 4.49. The van der Waals surface area contributed by atoms with E-state index in [4.69, 9.17) is 16.7 Å². The van der Waals surface area contributed by atoms with Crippen LogP contribution in [-0.4, -0.2) is 23.2 Å². The normalized spacial score (nSPS) is 12.2. The number of hydrogen-bond acceptors (Lipinski definition) is 2. The van der Waals surface area contributed by atoms with Crippen molar-refractivity contribution in [2.24, 2.45) is 0 Å². The Balaban J connectivity index is -0.000000354. The van der Waals surface area contributed by atoms with Crippen LogP contribution in [0.3, 0.4) is 0 Å². The maximum atomic E-state index is 11.4. The van der Waals surface area contributed by atoms with Gasteiger partial charge in [-0.3, -0.25) is 4.79 Å². The summed E-state index contributed by atoms with van der Waals surface area (Å²) in [7, 11) is 0. The van der Waals surface area contributed by atoms with Crippen molar-refractivity contribution in [3.05, 3.63) is 42.7 Å². The van der Waals surface area contributed by atoms with Crippen molar-refractivity contribution in [2.45, 2.75) is 32.1 Å². The van der Waals surface area contributed by atoms with E-state index in [0.717, 1.165) is 17.9 Å². The number of alkyl halides is 6. The van der Waals surface area contributed by atoms with E-state index < -0.39 is 30.0 Å². The van der Waals surface area contributed by atoms with E-state index >= 15 is 0 Å². The molecule has 0 aliphatic heterocycles. The van der Waals surface area contributed by atoms with Crippen LogP contribution in [0.1, 0.15) is 19.8 Å². The molecule has 0 fully saturated rings. The number of carbonyl (C=O) groups excluding carboxylic acids is 1. The number of carbonyl (C=O) groups is 1. The maximum Gasteiger partial charge on any atom is 0.454 e. The maximum absolute atomic E-state index is 11.4. The molecule has 0 atom stereocenters. The molecule has 10 heteroatoms. The minimum Gasteiger partial charge on any atom is -0.504 e. The third kappa shape index (κ3) is 16.1. The van der Waals surface area contributed by atoms with Crippen LogP contribution in [0.25, 0.3) is 0 Å². The molecule has 0 heterocycles. The molecule has 0 aromatic carbocycles. The molecule has 0 bridgehead atoms. The third-order valence-corrected chi connectivity index (χ3v) is 2.17. The van der Waals surface area contributed by atoms with E-state index in [0.29, 0.717) is 0 Å². The summed E-state index contributed by atoms with van der Waals surface area (Å²) < 4.78 is 68.1. The predicted molar refractivity (Wildman–Crippen MR) is 70.6 cm³/mol. The van der Waals surface area contributed by atoms with Gasteiger partial charge >= 0.3 is 12.4 Å². The van der Waals surface area contributed by atoms with Crippen LogP contribution in [0.15, 0.2) is 23.4 Å². The molecule has 1 N–H and O–H groups in total. The molecule has 0 aromatic heterocycles. The second kappa shape index (κ2) is 11.9. The summed E-state index contributed by atoms with van der Waals surface area (Å²) in [6.45, 7) is 9.24. The van der Waals surface area contributed by atoms with Gasteiger partial charge in [0.15, 0.2) is 0 Å². The van der Waals surface area contributed by atoms with Crippen molar-refractivity contribution >= 4 is 17.4 Å². The molecule has 0 aliphatic rings. The zero-order valence-corrected chi connectivity index (χ0v) is 14.1. The van der Waals surface area contributed by atoms with Crippen molar-refractivity contribution in [2.75, 3.05) is 0 Å². The van der Waals surface area contributed by atoms with Gasteiger partial charge in [-0.2, -0.15) is 26.3 Å². The molecule has 0 amide bonds. The number of rotatable bonds is 5. The molecule has 0 aromatic rings. The van der Waals surface area contributed by atoms with Crippen molar-refractivity contribution in [3.63, 3.8) is 0 Å². The van der Waals surface area contributed by atoms with Gasteiger partial charge < -0.3 is 5.11 Å². The summed E-state index contributed by atoms with van der Waals surface area (Å²) in [6, 6.07) is 0. The van der Waals surface area contributed by atoms with Gasteiger partial charge in [-0.15, -0.1) is 0 Å². The number of aliphatic hydroxyl groups excluding tert-OH is 1. The number of halogens is 7. The molecule has 0 unspecified atom stereocenters. The molecular formula is C13H14ClF6O2Pd. The molecular weight excluding hydrogens is 444 g/mol. The van der Waals surface area contributed by atoms with Crippen molar-refractivity contribution < 1.29 is 56.7 Å². The van der Waals surface area contributed by atoms with E-state index in [1.807, 2.05) is 13.3 Å². The molecule has 23 heavy (non-hydrogen) atoms. The zero-order valence-electron chi connectivity index (χ0n) is 11.8. The Kier molecular flexibility index (Phi) is 14.2. The third-order valence-electron chi connectivity index (χ3n) is 1.98. The summed E-state index contributed by atoms with van der Waals surface area (Å²) in [5.41, 5.74) is 0. The van der Waals surface area contributed by atoms with Crippen LogP contribution in [0.5, 0.6) is 0 Å². The Morgan fingerprint density at radius 2 is 1.57 bits per heavy atom.